The topological polar surface area (TPSA) is 117 Å². The molecule has 0 aliphatic carbocycles. The van der Waals surface area contributed by atoms with Gasteiger partial charge in [0.2, 0.25) is 0 Å². The molecule has 0 aromatic heterocycles. The van der Waals surface area contributed by atoms with Crippen LogP contribution in [0.3, 0.4) is 0 Å². The molecule has 202 valence electrons. The lowest BCUT2D eigenvalue weighted by Crippen LogP contribution is -2.47. The van der Waals surface area contributed by atoms with Crippen molar-refractivity contribution >= 4 is 23.9 Å². The molecule has 4 heterocycles. The summed E-state index contributed by atoms with van der Waals surface area (Å²) in [5, 5.41) is 5.82. The van der Waals surface area contributed by atoms with Gasteiger partial charge in [-0.3, -0.25) is 19.4 Å². The number of nitrogens with one attached hydrogen (secondary N) is 2. The van der Waals surface area contributed by atoms with E-state index >= 15 is 0 Å². The van der Waals surface area contributed by atoms with Crippen LogP contribution in [0, 0.1) is 0 Å². The first kappa shape index (κ1) is 24.2. The maximum absolute atomic E-state index is 13.6. The Morgan fingerprint density at radius 1 is 0.600 bits per heavy atom. The van der Waals surface area contributed by atoms with Gasteiger partial charge in [0.25, 0.3) is 11.8 Å². The van der Waals surface area contributed by atoms with Crippen molar-refractivity contribution in [3.63, 3.8) is 0 Å². The number of para-hydroxylation sites is 2. The molecule has 4 aliphatic heterocycles. The molecule has 2 fully saturated rings. The zero-order valence-corrected chi connectivity index (χ0v) is 21.5. The summed E-state index contributed by atoms with van der Waals surface area (Å²) in [7, 11) is 0. The van der Waals surface area contributed by atoms with Gasteiger partial charge in [-0.25, -0.2) is 9.59 Å². The van der Waals surface area contributed by atoms with Crippen molar-refractivity contribution in [3.05, 3.63) is 95.1 Å². The summed E-state index contributed by atoms with van der Waals surface area (Å²) < 4.78 is 11.4. The van der Waals surface area contributed by atoms with E-state index in [9.17, 15) is 19.2 Å². The van der Waals surface area contributed by atoms with Gasteiger partial charge in [0.05, 0.1) is 26.3 Å². The number of urea groups is 2. The highest BCUT2D eigenvalue weighted by Crippen LogP contribution is 2.42. The van der Waals surface area contributed by atoms with Gasteiger partial charge in [-0.15, -0.1) is 0 Å². The lowest BCUT2D eigenvalue weighted by atomic mass is 9.84. The minimum absolute atomic E-state index is 0.0960. The van der Waals surface area contributed by atoms with Crippen molar-refractivity contribution in [3.8, 4) is 11.5 Å². The number of ether oxygens (including phenoxy) is 2. The molecule has 6 amide bonds. The zero-order chi connectivity index (χ0) is 27.5. The number of benzene rings is 3. The number of carbonyl (C=O) groups is 4. The van der Waals surface area contributed by atoms with E-state index in [1.807, 2.05) is 36.4 Å². The monoisotopic (exact) mass is 538 g/mol. The molecule has 10 nitrogen and oxygen atoms in total. The average Bonchev–Trinajstić information content (AvgIpc) is 3.34. The Bertz CT molecular complexity index is 1460. The molecule has 3 aromatic carbocycles. The van der Waals surface area contributed by atoms with E-state index in [-0.39, 0.29) is 24.9 Å². The van der Waals surface area contributed by atoms with Crippen molar-refractivity contribution in [2.24, 2.45) is 0 Å². The van der Waals surface area contributed by atoms with Crippen molar-refractivity contribution < 1.29 is 28.7 Å². The Morgan fingerprint density at radius 3 is 1.43 bits per heavy atom. The predicted molar refractivity (Wildman–Crippen MR) is 141 cm³/mol. The molecule has 2 N–H and O–H groups in total. The van der Waals surface area contributed by atoms with Gasteiger partial charge in [-0.1, -0.05) is 60.7 Å². The number of imide groups is 2. The number of nitrogens with zero attached hydrogens (tertiary/aromatic N) is 2. The second-order valence-corrected chi connectivity index (χ2v) is 10.5. The molecule has 0 radical (unpaired) electrons. The Hall–Kier alpha value is -4.86. The second-order valence-electron chi connectivity index (χ2n) is 10.5. The molecular formula is C30H26N4O6. The number of carbonyl (C=O) groups excluding carboxylic acids is 4. The molecule has 2 atom stereocenters. The number of fused-ring (bicyclic) bond motifs is 4. The highest BCUT2D eigenvalue weighted by Gasteiger charge is 2.56. The summed E-state index contributed by atoms with van der Waals surface area (Å²) in [6, 6.07) is 20.8. The molecule has 7 rings (SSSR count). The number of hydrogen-bond donors (Lipinski definition) is 2. The van der Waals surface area contributed by atoms with E-state index in [4.69, 9.17) is 9.47 Å². The van der Waals surface area contributed by atoms with Crippen LogP contribution < -0.4 is 20.1 Å². The Labute approximate surface area is 229 Å². The van der Waals surface area contributed by atoms with Gasteiger partial charge in [-0.2, -0.15) is 0 Å². The van der Waals surface area contributed by atoms with Crippen molar-refractivity contribution in [1.82, 2.24) is 20.4 Å². The molecule has 0 bridgehead atoms. The summed E-state index contributed by atoms with van der Waals surface area (Å²) in [6.45, 7) is 0.847. The number of rotatable bonds is 4. The van der Waals surface area contributed by atoms with Crippen molar-refractivity contribution in [2.75, 3.05) is 13.2 Å². The van der Waals surface area contributed by atoms with Gasteiger partial charge in [0.1, 0.15) is 11.5 Å². The molecule has 2 saturated heterocycles. The first-order valence-corrected chi connectivity index (χ1v) is 13.2. The third-order valence-corrected chi connectivity index (χ3v) is 8.22. The van der Waals surface area contributed by atoms with E-state index < -0.39 is 23.1 Å². The summed E-state index contributed by atoms with van der Waals surface area (Å²) >= 11 is 0. The van der Waals surface area contributed by atoms with Gasteiger partial charge >= 0.3 is 12.1 Å². The van der Waals surface area contributed by atoms with E-state index in [1.54, 1.807) is 36.4 Å². The van der Waals surface area contributed by atoms with Gasteiger partial charge in [0.15, 0.2) is 11.1 Å². The lowest BCUT2D eigenvalue weighted by Gasteiger charge is -2.33. The highest BCUT2D eigenvalue weighted by atomic mass is 16.5. The maximum atomic E-state index is 13.6. The standard InChI is InChI=1S/C30H26N4O6/c35-25-29(13-15-39-23-7-3-1-5-21(23)29)31-27(37)33(25)17-19-9-11-20(12-10-19)18-34-26(36)30(32-28(34)38)14-16-40-24-8-4-2-6-22(24)30/h1-12H,13-18H2,(H,31,37)(H,32,38)/t29-,30-/m0/s1. The van der Waals surface area contributed by atoms with Crippen molar-refractivity contribution in [1.29, 1.82) is 0 Å². The maximum Gasteiger partial charge on any atom is 0.325 e. The van der Waals surface area contributed by atoms with Crippen LogP contribution in [0.25, 0.3) is 0 Å². The average molecular weight is 539 g/mol. The second kappa shape index (κ2) is 8.84. The van der Waals surface area contributed by atoms with Crippen LogP contribution in [0.1, 0.15) is 35.1 Å². The van der Waals surface area contributed by atoms with Gasteiger partial charge in [0, 0.05) is 24.0 Å². The van der Waals surface area contributed by atoms with Crippen LogP contribution in [0.4, 0.5) is 9.59 Å². The van der Waals surface area contributed by atoms with Crippen molar-refractivity contribution in [2.45, 2.75) is 37.0 Å². The fraction of sp³-hybridized carbons (Fsp3) is 0.267. The molecule has 40 heavy (non-hydrogen) atoms. The van der Waals surface area contributed by atoms with E-state index in [0.717, 1.165) is 11.1 Å². The Balaban J connectivity index is 1.07. The SMILES string of the molecule is O=C1N[C@]2(CCOc3ccccc32)C(=O)N1Cc1ccc(CN2C(=O)N[C@]3(CCOc4ccccc43)C2=O)cc1. The fourth-order valence-corrected chi connectivity index (χ4v) is 6.15. The minimum Gasteiger partial charge on any atom is -0.493 e. The Kier molecular flexibility index (Phi) is 5.35. The first-order chi connectivity index (χ1) is 19.4. The quantitative estimate of drug-likeness (QED) is 0.493. The summed E-state index contributed by atoms with van der Waals surface area (Å²) in [4.78, 5) is 55.4. The molecule has 0 unspecified atom stereocenters. The van der Waals surface area contributed by atoms with Crippen LogP contribution in [-0.4, -0.2) is 46.9 Å². The van der Waals surface area contributed by atoms with Crippen LogP contribution >= 0.6 is 0 Å². The van der Waals surface area contributed by atoms with E-state index in [0.29, 0.717) is 48.7 Å². The summed E-state index contributed by atoms with van der Waals surface area (Å²) in [6.07, 6.45) is 0.710. The number of amides is 6. The van der Waals surface area contributed by atoms with E-state index in [2.05, 4.69) is 10.6 Å². The molecule has 10 heteroatoms. The fourth-order valence-electron chi connectivity index (χ4n) is 6.15. The third-order valence-electron chi connectivity index (χ3n) is 8.22. The van der Waals surface area contributed by atoms with Crippen LogP contribution in [0.15, 0.2) is 72.8 Å². The third kappa shape index (κ3) is 3.48. The normalized spacial score (nSPS) is 24.9. The first-order valence-electron chi connectivity index (χ1n) is 13.2. The largest absolute Gasteiger partial charge is 0.493 e. The predicted octanol–water partition coefficient (Wildman–Crippen LogP) is 3.15. The summed E-state index contributed by atoms with van der Waals surface area (Å²) in [5.74, 6) is 0.581. The molecule has 4 aliphatic rings. The highest BCUT2D eigenvalue weighted by molar-refractivity contribution is 6.08. The zero-order valence-electron chi connectivity index (χ0n) is 21.5. The van der Waals surface area contributed by atoms with Crippen LogP contribution in [0.5, 0.6) is 11.5 Å². The van der Waals surface area contributed by atoms with Crippen LogP contribution in [-0.2, 0) is 33.8 Å². The van der Waals surface area contributed by atoms with E-state index in [1.165, 1.54) is 9.80 Å². The lowest BCUT2D eigenvalue weighted by molar-refractivity contribution is -0.133. The Morgan fingerprint density at radius 2 is 1.00 bits per heavy atom. The minimum atomic E-state index is -1.13. The van der Waals surface area contributed by atoms with Crippen LogP contribution in [0.2, 0.25) is 0 Å². The van der Waals surface area contributed by atoms with Gasteiger partial charge in [-0.05, 0) is 23.3 Å². The number of hydrogen-bond acceptors (Lipinski definition) is 6. The molecule has 2 spiro atoms. The molecule has 3 aromatic rings. The summed E-state index contributed by atoms with van der Waals surface area (Å²) in [5.41, 5.74) is 0.558. The molecular weight excluding hydrogens is 512 g/mol. The van der Waals surface area contributed by atoms with Gasteiger partial charge < -0.3 is 20.1 Å². The molecule has 0 saturated carbocycles. The smallest absolute Gasteiger partial charge is 0.325 e.